The highest BCUT2D eigenvalue weighted by Gasteiger charge is 2.25. The summed E-state index contributed by atoms with van der Waals surface area (Å²) in [6, 6.07) is 0. The van der Waals surface area contributed by atoms with Crippen molar-refractivity contribution in [3.8, 4) is 0 Å². The van der Waals surface area contributed by atoms with Crippen LogP contribution in [-0.2, 0) is 19.1 Å². The number of hydrogen-bond donors (Lipinski definition) is 0. The molecule has 0 atom stereocenters. The first-order valence-electron chi connectivity index (χ1n) is 5.15. The smallest absolute Gasteiger partial charge is 0.335 e. The van der Waals surface area contributed by atoms with Gasteiger partial charge in [0.1, 0.15) is 11.4 Å². The highest BCUT2D eigenvalue weighted by molar-refractivity contribution is 5.95. The third-order valence-electron chi connectivity index (χ3n) is 2.02. The second kappa shape index (κ2) is 6.81. The predicted molar refractivity (Wildman–Crippen MR) is 65.3 cm³/mol. The number of carbonyl (C=O) groups is 2. The Kier molecular flexibility index (Phi) is 6.13. The zero-order chi connectivity index (χ0) is 13.5. The van der Waals surface area contributed by atoms with Crippen LogP contribution < -0.4 is 0 Å². The van der Waals surface area contributed by atoms with Gasteiger partial charge in [-0.1, -0.05) is 13.2 Å². The van der Waals surface area contributed by atoms with Crippen LogP contribution in [0.4, 0.5) is 0 Å². The van der Waals surface area contributed by atoms with Crippen LogP contribution in [-0.4, -0.2) is 24.0 Å². The van der Waals surface area contributed by atoms with Gasteiger partial charge in [0.05, 0.1) is 6.61 Å². The van der Waals surface area contributed by atoms with Crippen LogP contribution in [0.2, 0.25) is 0 Å². The molecule has 4 nitrogen and oxygen atoms in total. The first kappa shape index (κ1) is 15.3. The number of rotatable bonds is 7. The van der Waals surface area contributed by atoms with Crippen LogP contribution in [0.5, 0.6) is 0 Å². The molecule has 17 heavy (non-hydrogen) atoms. The Hall–Kier alpha value is -1.68. The van der Waals surface area contributed by atoms with Crippen LogP contribution >= 0.6 is 0 Å². The monoisotopic (exact) mass is 238 g/mol. The minimum atomic E-state index is -0.930. The van der Waals surface area contributed by atoms with Gasteiger partial charge in [-0.25, -0.2) is 4.79 Å². The van der Waals surface area contributed by atoms with Crippen LogP contribution in [0.25, 0.3) is 0 Å². The molecule has 0 N–H and O–H groups in total. The van der Waals surface area contributed by atoms with Crippen molar-refractivity contribution >= 4 is 11.8 Å². The molecule has 0 saturated carbocycles. The summed E-state index contributed by atoms with van der Waals surface area (Å²) in [6.45, 7) is 11.8. The Balaban J connectivity index is 4.25. The molecule has 0 aliphatic carbocycles. The van der Waals surface area contributed by atoms with Gasteiger partial charge in [-0.3, -0.25) is 4.79 Å². The summed E-state index contributed by atoms with van der Waals surface area (Å²) in [5.41, 5.74) is -0.930. The Bertz CT molecular complexity index is 350. The lowest BCUT2D eigenvalue weighted by Crippen LogP contribution is -2.33. The minimum absolute atomic E-state index is 0.169. The molecule has 0 rings (SSSR count). The molecule has 0 aliphatic heterocycles. The van der Waals surface area contributed by atoms with E-state index in [0.717, 1.165) is 6.08 Å². The Morgan fingerprint density at radius 3 is 2.29 bits per heavy atom. The third kappa shape index (κ3) is 5.82. The number of esters is 1. The third-order valence-corrected chi connectivity index (χ3v) is 2.02. The second-order valence-electron chi connectivity index (χ2n) is 3.83. The van der Waals surface area contributed by atoms with E-state index in [0.29, 0.717) is 5.76 Å². The summed E-state index contributed by atoms with van der Waals surface area (Å²) in [6.07, 6.45) is 3.86. The molecule has 0 amide bonds. The molecular weight excluding hydrogens is 220 g/mol. The van der Waals surface area contributed by atoms with Crippen molar-refractivity contribution in [2.75, 3.05) is 6.61 Å². The fourth-order valence-corrected chi connectivity index (χ4v) is 0.926. The lowest BCUT2D eigenvalue weighted by atomic mass is 10.0. The summed E-state index contributed by atoms with van der Waals surface area (Å²) >= 11 is 0. The molecule has 94 valence electrons. The standard InChI is InChI=1S/C13H18O4/c1-6-11(14)13(4,5)16-9-8-10(3)17-12(15)7-2/h6-8H,1-2,9H2,3-5H3/b10-8+. The van der Waals surface area contributed by atoms with E-state index >= 15 is 0 Å². The van der Waals surface area contributed by atoms with Crippen LogP contribution in [0.15, 0.2) is 37.1 Å². The van der Waals surface area contributed by atoms with Crippen LogP contribution in [0.3, 0.4) is 0 Å². The van der Waals surface area contributed by atoms with Gasteiger partial charge in [0, 0.05) is 6.08 Å². The molecule has 0 aliphatic rings. The van der Waals surface area contributed by atoms with Crippen molar-refractivity contribution in [2.45, 2.75) is 26.4 Å². The fraction of sp³-hybridized carbons (Fsp3) is 0.385. The van der Waals surface area contributed by atoms with Crippen molar-refractivity contribution in [3.05, 3.63) is 37.1 Å². The largest absolute Gasteiger partial charge is 0.428 e. The van der Waals surface area contributed by atoms with E-state index in [1.165, 1.54) is 6.08 Å². The van der Waals surface area contributed by atoms with Gasteiger partial charge in [0.15, 0.2) is 5.78 Å². The summed E-state index contributed by atoms with van der Waals surface area (Å²) in [5, 5.41) is 0. The molecule has 0 aromatic carbocycles. The molecule has 0 unspecified atom stereocenters. The summed E-state index contributed by atoms with van der Waals surface area (Å²) in [4.78, 5) is 22.2. The SMILES string of the molecule is C=CC(=O)O/C(C)=C/COC(C)(C)C(=O)C=C. The van der Waals surface area contributed by atoms with Gasteiger partial charge in [0.2, 0.25) is 0 Å². The van der Waals surface area contributed by atoms with E-state index < -0.39 is 11.6 Å². The van der Waals surface area contributed by atoms with E-state index in [-0.39, 0.29) is 12.4 Å². The van der Waals surface area contributed by atoms with Gasteiger partial charge in [-0.05, 0) is 32.9 Å². The minimum Gasteiger partial charge on any atom is -0.428 e. The lowest BCUT2D eigenvalue weighted by Gasteiger charge is -2.21. The van der Waals surface area contributed by atoms with Crippen LogP contribution in [0.1, 0.15) is 20.8 Å². The second-order valence-corrected chi connectivity index (χ2v) is 3.83. The Morgan fingerprint density at radius 1 is 1.24 bits per heavy atom. The van der Waals surface area contributed by atoms with E-state index in [1.54, 1.807) is 26.8 Å². The molecule has 0 saturated heterocycles. The first-order valence-corrected chi connectivity index (χ1v) is 5.15. The van der Waals surface area contributed by atoms with Gasteiger partial charge in [0.25, 0.3) is 0 Å². The number of allylic oxidation sites excluding steroid dienone is 1. The van der Waals surface area contributed by atoms with Crippen molar-refractivity contribution in [3.63, 3.8) is 0 Å². The van der Waals surface area contributed by atoms with E-state index in [1.807, 2.05) is 0 Å². The molecular formula is C13H18O4. The van der Waals surface area contributed by atoms with Crippen LogP contribution in [0, 0.1) is 0 Å². The van der Waals surface area contributed by atoms with Crippen molar-refractivity contribution in [1.82, 2.24) is 0 Å². The van der Waals surface area contributed by atoms with Gasteiger partial charge in [-0.2, -0.15) is 0 Å². The number of carbonyl (C=O) groups excluding carboxylic acids is 2. The van der Waals surface area contributed by atoms with Crippen molar-refractivity contribution in [1.29, 1.82) is 0 Å². The van der Waals surface area contributed by atoms with Gasteiger partial charge in [-0.15, -0.1) is 0 Å². The lowest BCUT2D eigenvalue weighted by molar-refractivity contribution is -0.135. The number of ether oxygens (including phenoxy) is 2. The highest BCUT2D eigenvalue weighted by Crippen LogP contribution is 2.11. The summed E-state index contributed by atoms with van der Waals surface area (Å²) in [5.74, 6) is -0.330. The summed E-state index contributed by atoms with van der Waals surface area (Å²) in [7, 11) is 0. The van der Waals surface area contributed by atoms with Crippen molar-refractivity contribution in [2.24, 2.45) is 0 Å². The summed E-state index contributed by atoms with van der Waals surface area (Å²) < 4.78 is 10.2. The molecule has 0 spiro atoms. The molecule has 0 aromatic rings. The molecule has 0 radical (unpaired) electrons. The first-order chi connectivity index (χ1) is 7.83. The molecule has 4 heteroatoms. The van der Waals surface area contributed by atoms with E-state index in [4.69, 9.17) is 9.47 Å². The predicted octanol–water partition coefficient (Wildman–Crippen LogP) is 2.17. The highest BCUT2D eigenvalue weighted by atomic mass is 16.5. The molecule has 0 aromatic heterocycles. The Morgan fingerprint density at radius 2 is 1.82 bits per heavy atom. The quantitative estimate of drug-likeness (QED) is 0.387. The zero-order valence-electron chi connectivity index (χ0n) is 10.5. The Labute approximate surface area is 102 Å². The maximum atomic E-state index is 11.4. The van der Waals surface area contributed by atoms with E-state index in [9.17, 15) is 9.59 Å². The average molecular weight is 238 g/mol. The number of ketones is 1. The maximum Gasteiger partial charge on any atom is 0.335 e. The van der Waals surface area contributed by atoms with Gasteiger partial charge >= 0.3 is 5.97 Å². The molecule has 0 bridgehead atoms. The van der Waals surface area contributed by atoms with Gasteiger partial charge < -0.3 is 9.47 Å². The number of hydrogen-bond acceptors (Lipinski definition) is 4. The zero-order valence-corrected chi connectivity index (χ0v) is 10.5. The topological polar surface area (TPSA) is 52.6 Å². The van der Waals surface area contributed by atoms with E-state index in [2.05, 4.69) is 13.2 Å². The van der Waals surface area contributed by atoms with Crippen molar-refractivity contribution < 1.29 is 19.1 Å². The average Bonchev–Trinajstić information content (AvgIpc) is 2.27. The molecule has 0 heterocycles. The maximum absolute atomic E-state index is 11.4. The molecule has 0 fully saturated rings. The fourth-order valence-electron chi connectivity index (χ4n) is 0.926. The normalized spacial score (nSPS) is 11.8.